The summed E-state index contributed by atoms with van der Waals surface area (Å²) in [5, 5.41) is 11.5. The molecule has 0 fully saturated rings. The molecule has 0 spiro atoms. The van der Waals surface area contributed by atoms with Crippen molar-refractivity contribution >= 4 is 11.0 Å². The third kappa shape index (κ3) is 2.84. The Morgan fingerprint density at radius 1 is 1.10 bits per heavy atom. The molecule has 3 aromatic rings. The van der Waals surface area contributed by atoms with Crippen LogP contribution in [0.15, 0.2) is 52.9 Å². The van der Waals surface area contributed by atoms with E-state index < -0.39 is 6.10 Å². The first kappa shape index (κ1) is 13.9. The summed E-state index contributed by atoms with van der Waals surface area (Å²) in [6, 6.07) is 15.6. The van der Waals surface area contributed by atoms with Crippen molar-refractivity contribution in [3.05, 3.63) is 71.0 Å². The van der Waals surface area contributed by atoms with E-state index in [4.69, 9.17) is 9.15 Å². The monoisotopic (exact) mass is 282 g/mol. The number of aryl methyl sites for hydroxylation is 1. The fraction of sp³-hybridized carbons (Fsp3) is 0.222. The van der Waals surface area contributed by atoms with Crippen molar-refractivity contribution in [1.82, 2.24) is 0 Å². The minimum Gasteiger partial charge on any atom is -0.458 e. The second-order valence-electron chi connectivity index (χ2n) is 5.27. The van der Waals surface area contributed by atoms with Crippen molar-refractivity contribution in [2.45, 2.75) is 19.6 Å². The van der Waals surface area contributed by atoms with Crippen LogP contribution in [0.3, 0.4) is 0 Å². The molecule has 108 valence electrons. The molecule has 1 unspecified atom stereocenters. The summed E-state index contributed by atoms with van der Waals surface area (Å²) in [5.41, 5.74) is 3.86. The number of rotatable bonds is 4. The molecule has 1 heterocycles. The zero-order valence-electron chi connectivity index (χ0n) is 12.2. The second-order valence-corrected chi connectivity index (χ2v) is 5.27. The Kier molecular flexibility index (Phi) is 3.78. The van der Waals surface area contributed by atoms with Crippen LogP contribution in [-0.2, 0) is 11.3 Å². The number of methoxy groups -OCH3 is 1. The summed E-state index contributed by atoms with van der Waals surface area (Å²) in [6.45, 7) is 2.61. The van der Waals surface area contributed by atoms with Crippen LogP contribution in [0.1, 0.15) is 28.6 Å². The second kappa shape index (κ2) is 5.72. The fourth-order valence-electron chi connectivity index (χ4n) is 2.45. The zero-order chi connectivity index (χ0) is 14.8. The lowest BCUT2D eigenvalue weighted by molar-refractivity contribution is 0.184. The SMILES string of the molecule is COCc1ccc(C(O)c2cc3cc(C)ccc3o2)cc1. The van der Waals surface area contributed by atoms with Gasteiger partial charge < -0.3 is 14.3 Å². The Bertz CT molecular complexity index is 741. The third-order valence-electron chi connectivity index (χ3n) is 3.57. The molecule has 3 rings (SSSR count). The first-order valence-electron chi connectivity index (χ1n) is 6.93. The number of benzene rings is 2. The van der Waals surface area contributed by atoms with Crippen LogP contribution < -0.4 is 0 Å². The minimum absolute atomic E-state index is 0.565. The van der Waals surface area contributed by atoms with E-state index in [9.17, 15) is 5.11 Å². The number of aliphatic hydroxyl groups excluding tert-OH is 1. The van der Waals surface area contributed by atoms with Gasteiger partial charge in [-0.05, 0) is 36.2 Å². The Labute approximate surface area is 123 Å². The number of aliphatic hydroxyl groups is 1. The van der Waals surface area contributed by atoms with Gasteiger partial charge in [-0.1, -0.05) is 35.9 Å². The largest absolute Gasteiger partial charge is 0.458 e. The number of hydrogen-bond donors (Lipinski definition) is 1. The van der Waals surface area contributed by atoms with Gasteiger partial charge in [0.1, 0.15) is 17.4 Å². The first-order chi connectivity index (χ1) is 10.2. The van der Waals surface area contributed by atoms with Crippen molar-refractivity contribution in [3.63, 3.8) is 0 Å². The van der Waals surface area contributed by atoms with Crippen molar-refractivity contribution in [2.75, 3.05) is 7.11 Å². The third-order valence-corrected chi connectivity index (χ3v) is 3.57. The zero-order valence-corrected chi connectivity index (χ0v) is 12.2. The van der Waals surface area contributed by atoms with Gasteiger partial charge in [0, 0.05) is 12.5 Å². The molecule has 0 saturated carbocycles. The average Bonchev–Trinajstić information content (AvgIpc) is 2.90. The van der Waals surface area contributed by atoms with E-state index in [1.807, 2.05) is 49.4 Å². The average molecular weight is 282 g/mol. The van der Waals surface area contributed by atoms with Gasteiger partial charge in [0.15, 0.2) is 0 Å². The number of ether oxygens (including phenoxy) is 1. The van der Waals surface area contributed by atoms with Gasteiger partial charge >= 0.3 is 0 Å². The summed E-state index contributed by atoms with van der Waals surface area (Å²) < 4.78 is 10.8. The fourth-order valence-corrected chi connectivity index (χ4v) is 2.45. The van der Waals surface area contributed by atoms with Crippen LogP contribution >= 0.6 is 0 Å². The van der Waals surface area contributed by atoms with Gasteiger partial charge in [-0.2, -0.15) is 0 Å². The molecule has 0 bridgehead atoms. The number of fused-ring (bicyclic) bond motifs is 1. The van der Waals surface area contributed by atoms with Crippen LogP contribution in [0.4, 0.5) is 0 Å². The quantitative estimate of drug-likeness (QED) is 0.787. The van der Waals surface area contributed by atoms with Gasteiger partial charge in [-0.3, -0.25) is 0 Å². The highest BCUT2D eigenvalue weighted by molar-refractivity contribution is 5.78. The van der Waals surface area contributed by atoms with E-state index in [-0.39, 0.29) is 0 Å². The van der Waals surface area contributed by atoms with Gasteiger partial charge in [0.2, 0.25) is 0 Å². The molecule has 1 N–H and O–H groups in total. The van der Waals surface area contributed by atoms with Crippen molar-refractivity contribution < 1.29 is 14.3 Å². The van der Waals surface area contributed by atoms with Gasteiger partial charge in [0.25, 0.3) is 0 Å². The molecular weight excluding hydrogens is 264 g/mol. The van der Waals surface area contributed by atoms with E-state index in [0.29, 0.717) is 12.4 Å². The van der Waals surface area contributed by atoms with Gasteiger partial charge in [0.05, 0.1) is 6.61 Å². The smallest absolute Gasteiger partial charge is 0.138 e. The Morgan fingerprint density at radius 2 is 1.86 bits per heavy atom. The molecule has 0 amide bonds. The van der Waals surface area contributed by atoms with Crippen molar-refractivity contribution in [1.29, 1.82) is 0 Å². The normalized spacial score (nSPS) is 12.7. The molecule has 0 aliphatic heterocycles. The molecule has 0 saturated heterocycles. The predicted octanol–water partition coefficient (Wildman–Crippen LogP) is 3.97. The number of hydrogen-bond acceptors (Lipinski definition) is 3. The Balaban J connectivity index is 1.90. The molecule has 1 aromatic heterocycles. The number of furan rings is 1. The van der Waals surface area contributed by atoms with Crippen molar-refractivity contribution in [3.8, 4) is 0 Å². The summed E-state index contributed by atoms with van der Waals surface area (Å²) in [5.74, 6) is 0.565. The topological polar surface area (TPSA) is 42.6 Å². The minimum atomic E-state index is -0.755. The summed E-state index contributed by atoms with van der Waals surface area (Å²) >= 11 is 0. The van der Waals surface area contributed by atoms with Gasteiger partial charge in [-0.25, -0.2) is 0 Å². The molecule has 0 aliphatic rings. The molecule has 0 radical (unpaired) electrons. The molecule has 21 heavy (non-hydrogen) atoms. The first-order valence-corrected chi connectivity index (χ1v) is 6.93. The van der Waals surface area contributed by atoms with E-state index in [0.717, 1.165) is 22.1 Å². The lowest BCUT2D eigenvalue weighted by Crippen LogP contribution is -1.98. The van der Waals surface area contributed by atoms with Crippen LogP contribution in [0.5, 0.6) is 0 Å². The molecule has 0 aliphatic carbocycles. The predicted molar refractivity (Wildman–Crippen MR) is 82.2 cm³/mol. The van der Waals surface area contributed by atoms with E-state index in [1.54, 1.807) is 7.11 Å². The van der Waals surface area contributed by atoms with Crippen LogP contribution in [0.25, 0.3) is 11.0 Å². The van der Waals surface area contributed by atoms with Crippen LogP contribution in [-0.4, -0.2) is 12.2 Å². The Morgan fingerprint density at radius 3 is 2.57 bits per heavy atom. The lowest BCUT2D eigenvalue weighted by atomic mass is 10.0. The maximum Gasteiger partial charge on any atom is 0.138 e. The van der Waals surface area contributed by atoms with E-state index in [2.05, 4.69) is 6.07 Å². The maximum atomic E-state index is 10.5. The Hall–Kier alpha value is -2.10. The van der Waals surface area contributed by atoms with Crippen LogP contribution in [0.2, 0.25) is 0 Å². The standard InChI is InChI=1S/C18H18O3/c1-12-3-8-16-15(9-12)10-17(21-16)18(19)14-6-4-13(5-7-14)11-20-2/h3-10,18-19H,11H2,1-2H3. The van der Waals surface area contributed by atoms with Crippen molar-refractivity contribution in [2.24, 2.45) is 0 Å². The molecule has 1 atom stereocenters. The van der Waals surface area contributed by atoms with Crippen LogP contribution in [0, 0.1) is 6.92 Å². The summed E-state index contributed by atoms with van der Waals surface area (Å²) in [7, 11) is 1.67. The maximum absolute atomic E-state index is 10.5. The molecule has 3 heteroatoms. The van der Waals surface area contributed by atoms with E-state index in [1.165, 1.54) is 5.56 Å². The summed E-state index contributed by atoms with van der Waals surface area (Å²) in [6.07, 6.45) is -0.755. The molecular formula is C18H18O3. The highest BCUT2D eigenvalue weighted by atomic mass is 16.5. The summed E-state index contributed by atoms with van der Waals surface area (Å²) in [4.78, 5) is 0. The van der Waals surface area contributed by atoms with E-state index >= 15 is 0 Å². The van der Waals surface area contributed by atoms with Gasteiger partial charge in [-0.15, -0.1) is 0 Å². The highest BCUT2D eigenvalue weighted by Crippen LogP contribution is 2.28. The lowest BCUT2D eigenvalue weighted by Gasteiger charge is -2.08. The molecule has 2 aromatic carbocycles. The highest BCUT2D eigenvalue weighted by Gasteiger charge is 2.15. The molecule has 3 nitrogen and oxygen atoms in total.